The predicted molar refractivity (Wildman–Crippen MR) is 67.4 cm³/mol. The largest absolute Gasteiger partial charge is 0.373 e. The zero-order valence-electron chi connectivity index (χ0n) is 10.5. The number of hydrogen-bond donors (Lipinski definition) is 2. The summed E-state index contributed by atoms with van der Waals surface area (Å²) >= 11 is 0. The first-order chi connectivity index (χ1) is 8.81. The first-order valence-electron chi connectivity index (χ1n) is 5.87. The summed E-state index contributed by atoms with van der Waals surface area (Å²) in [6, 6.07) is 1.87. The van der Waals surface area contributed by atoms with E-state index in [0.29, 0.717) is 18.9 Å². The van der Waals surface area contributed by atoms with Gasteiger partial charge in [0.25, 0.3) is 0 Å². The Morgan fingerprint density at radius 2 is 2.11 bits per heavy atom. The second-order valence-corrected chi connectivity index (χ2v) is 3.67. The molecule has 2 rings (SSSR count). The highest BCUT2D eigenvalue weighted by Crippen LogP contribution is 2.11. The molecule has 2 heterocycles. The number of aromatic nitrogens is 4. The van der Waals surface area contributed by atoms with Gasteiger partial charge in [0.1, 0.15) is 17.5 Å². The minimum Gasteiger partial charge on any atom is -0.373 e. The fourth-order valence-electron chi connectivity index (χ4n) is 1.48. The first-order valence-corrected chi connectivity index (χ1v) is 5.87. The van der Waals surface area contributed by atoms with Crippen LogP contribution in [-0.4, -0.2) is 33.7 Å². The maximum absolute atomic E-state index is 4.92. The normalized spacial score (nSPS) is 10.3. The summed E-state index contributed by atoms with van der Waals surface area (Å²) in [7, 11) is 1.84. The highest BCUT2D eigenvalue weighted by Gasteiger charge is 2.03. The lowest BCUT2D eigenvalue weighted by Gasteiger charge is -2.08. The van der Waals surface area contributed by atoms with Crippen LogP contribution in [0, 0.1) is 0 Å². The van der Waals surface area contributed by atoms with Gasteiger partial charge in [-0.05, 0) is 0 Å². The zero-order chi connectivity index (χ0) is 12.8. The van der Waals surface area contributed by atoms with Crippen molar-refractivity contribution in [2.75, 3.05) is 24.2 Å². The molecule has 0 aliphatic heterocycles. The summed E-state index contributed by atoms with van der Waals surface area (Å²) in [5.41, 5.74) is 0. The van der Waals surface area contributed by atoms with Gasteiger partial charge in [-0.15, -0.1) is 0 Å². The van der Waals surface area contributed by atoms with Crippen LogP contribution in [0.5, 0.6) is 0 Å². The van der Waals surface area contributed by atoms with Crippen LogP contribution in [0.1, 0.15) is 18.6 Å². The van der Waals surface area contributed by atoms with Crippen LogP contribution in [0.25, 0.3) is 0 Å². The maximum Gasteiger partial charge on any atom is 0.228 e. The highest BCUT2D eigenvalue weighted by molar-refractivity contribution is 5.47. The molecule has 0 saturated heterocycles. The molecule has 2 N–H and O–H groups in total. The molecule has 0 saturated carbocycles. The maximum atomic E-state index is 4.92. The molecule has 96 valence electrons. The van der Waals surface area contributed by atoms with Gasteiger partial charge in [0, 0.05) is 32.5 Å². The molecular weight excluding hydrogens is 232 g/mol. The smallest absolute Gasteiger partial charge is 0.228 e. The number of nitrogens with one attached hydrogen (secondary N) is 2. The van der Waals surface area contributed by atoms with Crippen LogP contribution in [0.15, 0.2) is 16.9 Å². The van der Waals surface area contributed by atoms with Crippen molar-refractivity contribution in [2.45, 2.75) is 19.8 Å². The molecule has 0 amide bonds. The van der Waals surface area contributed by atoms with E-state index in [-0.39, 0.29) is 0 Å². The van der Waals surface area contributed by atoms with Gasteiger partial charge in [0.15, 0.2) is 6.33 Å². The summed E-state index contributed by atoms with van der Waals surface area (Å²) in [5.74, 6) is 3.02. The molecule has 0 aliphatic rings. The molecule has 0 aromatic carbocycles. The molecule has 0 radical (unpaired) electrons. The van der Waals surface area contributed by atoms with Crippen molar-refractivity contribution < 1.29 is 4.52 Å². The van der Waals surface area contributed by atoms with E-state index < -0.39 is 0 Å². The zero-order valence-corrected chi connectivity index (χ0v) is 10.5. The molecule has 0 fully saturated rings. The Balaban J connectivity index is 1.95. The van der Waals surface area contributed by atoms with Crippen LogP contribution in [-0.2, 0) is 12.8 Å². The lowest BCUT2D eigenvalue weighted by atomic mass is 10.4. The van der Waals surface area contributed by atoms with Crippen LogP contribution < -0.4 is 10.6 Å². The van der Waals surface area contributed by atoms with Crippen molar-refractivity contribution in [1.29, 1.82) is 0 Å². The van der Waals surface area contributed by atoms with Gasteiger partial charge < -0.3 is 15.2 Å². The predicted octanol–water partition coefficient (Wildman–Crippen LogP) is 1.12. The fourth-order valence-corrected chi connectivity index (χ4v) is 1.48. The molecule has 0 spiro atoms. The Morgan fingerprint density at radius 1 is 1.28 bits per heavy atom. The van der Waals surface area contributed by atoms with Gasteiger partial charge in [-0.3, -0.25) is 0 Å². The van der Waals surface area contributed by atoms with Crippen LogP contribution in [0.2, 0.25) is 0 Å². The van der Waals surface area contributed by atoms with E-state index in [4.69, 9.17) is 4.52 Å². The number of nitrogens with zero attached hydrogens (tertiary/aromatic N) is 4. The molecule has 7 nitrogen and oxygen atoms in total. The Kier molecular flexibility index (Phi) is 4.06. The molecule has 0 unspecified atom stereocenters. The monoisotopic (exact) mass is 248 g/mol. The van der Waals surface area contributed by atoms with Gasteiger partial charge >= 0.3 is 0 Å². The number of hydrogen-bond acceptors (Lipinski definition) is 7. The number of aryl methyl sites for hydroxylation is 1. The summed E-state index contributed by atoms with van der Waals surface area (Å²) in [6.45, 7) is 2.71. The van der Waals surface area contributed by atoms with Gasteiger partial charge in [0.05, 0.1) is 0 Å². The second kappa shape index (κ2) is 5.95. The first kappa shape index (κ1) is 12.3. The second-order valence-electron chi connectivity index (χ2n) is 3.67. The molecule has 0 aliphatic carbocycles. The average Bonchev–Trinajstić information content (AvgIpc) is 2.91. The van der Waals surface area contributed by atoms with Crippen molar-refractivity contribution in [2.24, 2.45) is 0 Å². The Morgan fingerprint density at radius 3 is 2.78 bits per heavy atom. The lowest BCUT2D eigenvalue weighted by molar-refractivity contribution is 0.379. The van der Waals surface area contributed by atoms with Gasteiger partial charge in [-0.25, -0.2) is 9.97 Å². The van der Waals surface area contributed by atoms with Crippen molar-refractivity contribution in [3.63, 3.8) is 0 Å². The molecule has 18 heavy (non-hydrogen) atoms. The fraction of sp³-hybridized carbons (Fsp3) is 0.455. The number of rotatable bonds is 6. The van der Waals surface area contributed by atoms with Crippen molar-refractivity contribution in [3.8, 4) is 0 Å². The summed E-state index contributed by atoms with van der Waals surface area (Å²) in [5, 5.41) is 9.78. The summed E-state index contributed by atoms with van der Waals surface area (Å²) < 4.78 is 4.92. The lowest BCUT2D eigenvalue weighted by Crippen LogP contribution is -2.09. The molecule has 7 heteroatoms. The highest BCUT2D eigenvalue weighted by atomic mass is 16.5. The minimum absolute atomic E-state index is 0.612. The van der Waals surface area contributed by atoms with E-state index in [1.165, 1.54) is 6.33 Å². The topological polar surface area (TPSA) is 88.8 Å². The van der Waals surface area contributed by atoms with Crippen molar-refractivity contribution in [3.05, 3.63) is 24.1 Å². The van der Waals surface area contributed by atoms with E-state index >= 15 is 0 Å². The van der Waals surface area contributed by atoms with E-state index in [9.17, 15) is 0 Å². The number of anilines is 2. The molecule has 2 aromatic heterocycles. The standard InChI is InChI=1S/C11H16N6O/c1-3-8-16-9(12-2)6-10(17-8)13-5-4-11-14-7-15-18-11/h6-7H,3-5H2,1-2H3,(H2,12,13,16,17). The summed E-state index contributed by atoms with van der Waals surface area (Å²) in [6.07, 6.45) is 2.86. The van der Waals surface area contributed by atoms with Gasteiger partial charge in [-0.2, -0.15) is 4.98 Å². The Bertz CT molecular complexity index is 462. The van der Waals surface area contributed by atoms with E-state index in [0.717, 1.165) is 23.9 Å². The van der Waals surface area contributed by atoms with E-state index in [2.05, 4.69) is 30.7 Å². The average molecular weight is 248 g/mol. The molecular formula is C11H16N6O. The molecule has 0 atom stereocenters. The van der Waals surface area contributed by atoms with Crippen molar-refractivity contribution in [1.82, 2.24) is 20.1 Å². The van der Waals surface area contributed by atoms with Gasteiger partial charge in [-0.1, -0.05) is 12.1 Å². The third-order valence-electron chi connectivity index (χ3n) is 2.40. The third kappa shape index (κ3) is 3.16. The third-order valence-corrected chi connectivity index (χ3v) is 2.40. The summed E-state index contributed by atoms with van der Waals surface area (Å²) in [4.78, 5) is 12.7. The Hall–Kier alpha value is -2.18. The minimum atomic E-state index is 0.612. The SMILES string of the molecule is CCc1nc(NC)cc(NCCc2ncno2)n1. The quantitative estimate of drug-likeness (QED) is 0.791. The van der Waals surface area contributed by atoms with E-state index in [1.807, 2.05) is 20.0 Å². The van der Waals surface area contributed by atoms with Crippen LogP contribution >= 0.6 is 0 Å². The van der Waals surface area contributed by atoms with E-state index in [1.54, 1.807) is 0 Å². The van der Waals surface area contributed by atoms with Crippen molar-refractivity contribution >= 4 is 11.6 Å². The molecule has 2 aromatic rings. The van der Waals surface area contributed by atoms with Gasteiger partial charge in [0.2, 0.25) is 5.89 Å². The Labute approximate surface area is 105 Å². The molecule has 0 bridgehead atoms. The van der Waals surface area contributed by atoms with Crippen LogP contribution in [0.4, 0.5) is 11.6 Å². The van der Waals surface area contributed by atoms with Crippen LogP contribution in [0.3, 0.4) is 0 Å².